The molecule has 0 spiro atoms. The zero-order valence-electron chi connectivity index (χ0n) is 11.7. The number of quaternary nitrogens is 1. The Morgan fingerprint density at radius 1 is 1.33 bits per heavy atom. The van der Waals surface area contributed by atoms with Crippen LogP contribution < -0.4 is 22.0 Å². The second-order valence-corrected chi connectivity index (χ2v) is 5.85. The number of hydrogen-bond donors (Lipinski definition) is 1. The zero-order chi connectivity index (χ0) is 14.5. The molecule has 7 heteroatoms. The van der Waals surface area contributed by atoms with Crippen molar-refractivity contribution in [2.45, 2.75) is 18.9 Å². The number of ether oxygens (including phenoxy) is 2. The Morgan fingerprint density at radius 2 is 2.00 bits per heavy atom. The Bertz CT molecular complexity index is 477. The van der Waals surface area contributed by atoms with Gasteiger partial charge in [0.25, 0.3) is 0 Å². The average molecular weight is 355 g/mol. The van der Waals surface area contributed by atoms with Crippen LogP contribution in [0.15, 0.2) is 18.2 Å². The quantitative estimate of drug-likeness (QED) is 0.676. The molecule has 0 radical (unpaired) electrons. The van der Waals surface area contributed by atoms with Gasteiger partial charge in [0.15, 0.2) is 6.61 Å². The summed E-state index contributed by atoms with van der Waals surface area (Å²) >= 11 is 11.7. The van der Waals surface area contributed by atoms with E-state index < -0.39 is 0 Å². The molecule has 0 saturated carbocycles. The number of piperidine rings is 1. The van der Waals surface area contributed by atoms with E-state index >= 15 is 0 Å². The predicted molar refractivity (Wildman–Crippen MR) is 77.7 cm³/mol. The summed E-state index contributed by atoms with van der Waals surface area (Å²) in [5.41, 5.74) is 0. The smallest absolute Gasteiger partial charge is 0.344 e. The lowest BCUT2D eigenvalue weighted by Gasteiger charge is -2.26. The first kappa shape index (κ1) is 18.4. The lowest BCUT2D eigenvalue weighted by Crippen LogP contribution is -3.10. The van der Waals surface area contributed by atoms with Gasteiger partial charge in [-0.05, 0) is 18.2 Å². The van der Waals surface area contributed by atoms with E-state index in [-0.39, 0.29) is 31.1 Å². The number of rotatable bonds is 4. The highest BCUT2D eigenvalue weighted by Crippen LogP contribution is 2.27. The first-order valence-corrected chi connectivity index (χ1v) is 7.39. The van der Waals surface area contributed by atoms with E-state index in [0.29, 0.717) is 15.8 Å². The topological polar surface area (TPSA) is 40.0 Å². The molecule has 0 aliphatic carbocycles. The third kappa shape index (κ3) is 5.91. The highest BCUT2D eigenvalue weighted by molar-refractivity contribution is 6.35. The number of carbonyl (C=O) groups is 1. The molecular formula is C14H18Cl3NO3. The lowest BCUT2D eigenvalue weighted by molar-refractivity contribution is -0.885. The van der Waals surface area contributed by atoms with Crippen molar-refractivity contribution in [3.8, 4) is 5.75 Å². The second-order valence-electron chi connectivity index (χ2n) is 5.01. The van der Waals surface area contributed by atoms with E-state index in [1.165, 1.54) is 4.90 Å². The first-order chi connectivity index (χ1) is 9.54. The molecule has 4 nitrogen and oxygen atoms in total. The molecule has 1 fully saturated rings. The number of halogens is 3. The van der Waals surface area contributed by atoms with Crippen molar-refractivity contribution >= 4 is 29.2 Å². The van der Waals surface area contributed by atoms with Gasteiger partial charge in [-0.1, -0.05) is 23.2 Å². The Labute approximate surface area is 140 Å². The number of carbonyl (C=O) groups excluding carboxylic acids is 1. The van der Waals surface area contributed by atoms with E-state index in [0.717, 1.165) is 25.9 Å². The summed E-state index contributed by atoms with van der Waals surface area (Å²) in [5.74, 6) is 0.0707. The highest BCUT2D eigenvalue weighted by atomic mass is 35.5. The van der Waals surface area contributed by atoms with Gasteiger partial charge in [0.1, 0.15) is 11.9 Å². The van der Waals surface area contributed by atoms with E-state index in [1.54, 1.807) is 18.2 Å². The molecule has 1 aliphatic heterocycles. The van der Waals surface area contributed by atoms with Gasteiger partial charge in [-0.2, -0.15) is 0 Å². The molecule has 2 rings (SSSR count). The standard InChI is InChI=1S/C14H17Cl2NO3.ClH/c1-17-6-4-11(5-7-17)20-14(18)9-19-13-3-2-10(15)8-12(13)16;/h2-3,8,11H,4-7,9H2,1H3;1H. The fraction of sp³-hybridized carbons (Fsp3) is 0.500. The molecular weight excluding hydrogens is 337 g/mol. The zero-order valence-corrected chi connectivity index (χ0v) is 14.0. The third-order valence-corrected chi connectivity index (χ3v) is 3.85. The normalized spacial score (nSPS) is 21.3. The first-order valence-electron chi connectivity index (χ1n) is 6.63. The van der Waals surface area contributed by atoms with Crippen LogP contribution >= 0.6 is 23.2 Å². The molecule has 1 aromatic rings. The molecule has 0 atom stereocenters. The predicted octanol–water partition coefficient (Wildman–Crippen LogP) is -1.40. The molecule has 1 aliphatic rings. The monoisotopic (exact) mass is 353 g/mol. The summed E-state index contributed by atoms with van der Waals surface area (Å²) in [7, 11) is 2.14. The van der Waals surface area contributed by atoms with Crippen molar-refractivity contribution in [3.05, 3.63) is 28.2 Å². The molecule has 0 amide bonds. The summed E-state index contributed by atoms with van der Waals surface area (Å²) in [6.45, 7) is 1.92. The van der Waals surface area contributed by atoms with Gasteiger partial charge in [-0.15, -0.1) is 0 Å². The average Bonchev–Trinajstić information content (AvgIpc) is 2.40. The SMILES string of the molecule is C[NH+]1CCC(OC(=O)COc2ccc(Cl)cc2Cl)CC1.[Cl-]. The van der Waals surface area contributed by atoms with E-state index in [4.69, 9.17) is 32.7 Å². The highest BCUT2D eigenvalue weighted by Gasteiger charge is 2.22. The maximum absolute atomic E-state index is 11.7. The van der Waals surface area contributed by atoms with Crippen LogP contribution in [-0.4, -0.2) is 38.8 Å². The molecule has 1 N–H and O–H groups in total. The van der Waals surface area contributed by atoms with Crippen LogP contribution in [-0.2, 0) is 9.53 Å². The van der Waals surface area contributed by atoms with Crippen LogP contribution in [0.5, 0.6) is 5.75 Å². The third-order valence-electron chi connectivity index (χ3n) is 3.32. The summed E-state index contributed by atoms with van der Waals surface area (Å²) in [4.78, 5) is 13.2. The Balaban J connectivity index is 0.00000220. The van der Waals surface area contributed by atoms with Crippen molar-refractivity contribution in [1.29, 1.82) is 0 Å². The van der Waals surface area contributed by atoms with Crippen LogP contribution in [0, 0.1) is 0 Å². The molecule has 1 heterocycles. The van der Waals surface area contributed by atoms with Gasteiger partial charge in [0.05, 0.1) is 25.2 Å². The van der Waals surface area contributed by atoms with E-state index in [2.05, 4.69) is 7.05 Å². The molecule has 1 saturated heterocycles. The van der Waals surface area contributed by atoms with Crippen molar-refractivity contribution in [3.63, 3.8) is 0 Å². The van der Waals surface area contributed by atoms with Gasteiger partial charge < -0.3 is 26.8 Å². The Morgan fingerprint density at radius 3 is 2.62 bits per heavy atom. The van der Waals surface area contributed by atoms with E-state index in [9.17, 15) is 4.79 Å². The minimum atomic E-state index is -0.361. The Kier molecular flexibility index (Phi) is 7.60. The van der Waals surface area contributed by atoms with Crippen LogP contribution in [0.1, 0.15) is 12.8 Å². The number of likely N-dealkylation sites (tertiary alicyclic amines) is 1. The second kappa shape index (κ2) is 8.69. The van der Waals surface area contributed by atoms with Crippen LogP contribution in [0.2, 0.25) is 10.0 Å². The lowest BCUT2D eigenvalue weighted by atomic mass is 10.1. The summed E-state index contributed by atoms with van der Waals surface area (Å²) in [6.07, 6.45) is 1.81. The summed E-state index contributed by atoms with van der Waals surface area (Å²) < 4.78 is 10.7. The maximum atomic E-state index is 11.7. The van der Waals surface area contributed by atoms with Crippen molar-refractivity contribution < 1.29 is 31.6 Å². The number of benzene rings is 1. The molecule has 0 bridgehead atoms. The van der Waals surface area contributed by atoms with E-state index in [1.807, 2.05) is 0 Å². The van der Waals surface area contributed by atoms with Crippen LogP contribution in [0.25, 0.3) is 0 Å². The molecule has 0 aromatic heterocycles. The van der Waals surface area contributed by atoms with Gasteiger partial charge in [0.2, 0.25) is 0 Å². The Hall–Kier alpha value is -0.680. The van der Waals surface area contributed by atoms with Crippen molar-refractivity contribution in [1.82, 2.24) is 0 Å². The molecule has 0 unspecified atom stereocenters. The van der Waals surface area contributed by atoms with Crippen molar-refractivity contribution in [2.75, 3.05) is 26.7 Å². The van der Waals surface area contributed by atoms with Crippen LogP contribution in [0.3, 0.4) is 0 Å². The summed E-state index contributed by atoms with van der Waals surface area (Å²) in [5, 5.41) is 0.909. The minimum Gasteiger partial charge on any atom is -1.00 e. The molecule has 118 valence electrons. The van der Waals surface area contributed by atoms with Gasteiger partial charge in [0, 0.05) is 17.9 Å². The van der Waals surface area contributed by atoms with Gasteiger partial charge in [-0.3, -0.25) is 0 Å². The van der Waals surface area contributed by atoms with Crippen molar-refractivity contribution in [2.24, 2.45) is 0 Å². The molecule has 21 heavy (non-hydrogen) atoms. The fourth-order valence-corrected chi connectivity index (χ4v) is 2.61. The summed E-state index contributed by atoms with van der Waals surface area (Å²) in [6, 6.07) is 4.87. The van der Waals surface area contributed by atoms with Gasteiger partial charge in [-0.25, -0.2) is 4.79 Å². The number of esters is 1. The fourth-order valence-electron chi connectivity index (χ4n) is 2.15. The maximum Gasteiger partial charge on any atom is 0.344 e. The largest absolute Gasteiger partial charge is 1.00 e. The minimum absolute atomic E-state index is 0. The molecule has 1 aromatic carbocycles. The number of hydrogen-bond acceptors (Lipinski definition) is 3. The number of nitrogens with one attached hydrogen (secondary N) is 1. The van der Waals surface area contributed by atoms with Gasteiger partial charge >= 0.3 is 5.97 Å². The van der Waals surface area contributed by atoms with Crippen LogP contribution in [0.4, 0.5) is 0 Å².